The van der Waals surface area contributed by atoms with E-state index in [2.05, 4.69) is 20.6 Å². The van der Waals surface area contributed by atoms with E-state index >= 15 is 0 Å². The van der Waals surface area contributed by atoms with E-state index < -0.39 is 11.7 Å². The Labute approximate surface area is 130 Å². The summed E-state index contributed by atoms with van der Waals surface area (Å²) < 4.78 is 5.19. The van der Waals surface area contributed by atoms with Crippen LogP contribution in [0, 0.1) is 0 Å². The topological polar surface area (TPSA) is 75.6 Å². The van der Waals surface area contributed by atoms with Gasteiger partial charge in [0.1, 0.15) is 11.4 Å². The molecule has 0 radical (unpaired) electrons. The quantitative estimate of drug-likeness (QED) is 0.662. The highest BCUT2D eigenvalue weighted by atomic mass is 35.5. The first-order valence-electron chi connectivity index (χ1n) is 6.73. The molecule has 2 N–H and O–H groups in total. The number of halogens is 1. The number of hydrogen-bond acceptors (Lipinski definition) is 4. The van der Waals surface area contributed by atoms with Crippen LogP contribution in [0.25, 0.3) is 0 Å². The van der Waals surface area contributed by atoms with Crippen LogP contribution in [-0.4, -0.2) is 29.2 Å². The number of nitrogens with one attached hydrogen (secondary N) is 2. The molecule has 0 aliphatic rings. The summed E-state index contributed by atoms with van der Waals surface area (Å²) in [6.45, 7) is 7.96. The zero-order valence-corrected chi connectivity index (χ0v) is 13.5. The largest absolute Gasteiger partial charge is 0.444 e. The third-order valence-corrected chi connectivity index (χ3v) is 2.31. The number of alkyl carbamates (subject to hydrolysis) is 1. The Hall–Kier alpha value is -1.82. The second-order valence-electron chi connectivity index (χ2n) is 5.34. The molecule has 0 bridgehead atoms. The minimum absolute atomic E-state index is 0.293. The molecule has 0 spiro atoms. The summed E-state index contributed by atoms with van der Waals surface area (Å²) >= 11 is 5.78. The molecular weight excluding hydrogens is 292 g/mol. The van der Waals surface area contributed by atoms with Gasteiger partial charge >= 0.3 is 6.09 Å². The van der Waals surface area contributed by atoms with E-state index in [0.717, 1.165) is 6.42 Å². The first kappa shape index (κ1) is 17.2. The Morgan fingerprint density at radius 1 is 1.43 bits per heavy atom. The summed E-state index contributed by atoms with van der Waals surface area (Å²) in [4.78, 5) is 20.1. The summed E-state index contributed by atoms with van der Waals surface area (Å²) in [5.41, 5.74) is -0.571. The minimum atomic E-state index is -0.571. The predicted molar refractivity (Wildman–Crippen MR) is 84.8 cm³/mol. The monoisotopic (exact) mass is 312 g/mol. The number of guanidine groups is 1. The second kappa shape index (κ2) is 7.83. The van der Waals surface area contributed by atoms with Crippen molar-refractivity contribution in [1.82, 2.24) is 10.3 Å². The molecule has 1 rings (SSSR count). The van der Waals surface area contributed by atoms with E-state index in [4.69, 9.17) is 16.3 Å². The molecule has 6 nitrogen and oxygen atoms in total. The number of aliphatic imine (C=N–C) groups is 1. The van der Waals surface area contributed by atoms with Crippen molar-refractivity contribution in [2.75, 3.05) is 11.9 Å². The van der Waals surface area contributed by atoms with Gasteiger partial charge < -0.3 is 10.1 Å². The number of rotatable bonds is 3. The van der Waals surface area contributed by atoms with Crippen LogP contribution in [0.4, 0.5) is 10.6 Å². The molecule has 116 valence electrons. The van der Waals surface area contributed by atoms with Crippen LogP contribution in [0.15, 0.2) is 23.3 Å². The first-order chi connectivity index (χ1) is 9.80. The van der Waals surface area contributed by atoms with Gasteiger partial charge in [0.05, 0.1) is 5.02 Å². The summed E-state index contributed by atoms with van der Waals surface area (Å²) in [6, 6.07) is 3.39. The Kier molecular flexibility index (Phi) is 6.42. The molecular formula is C14H21ClN4O2. The van der Waals surface area contributed by atoms with E-state index in [9.17, 15) is 4.79 Å². The SMILES string of the molecule is CCCN=C(NC(=O)OC(C)(C)C)Nc1ccc(Cl)cn1. The fourth-order valence-corrected chi connectivity index (χ4v) is 1.42. The standard InChI is InChI=1S/C14H21ClN4O2/c1-5-8-16-12(19-13(20)21-14(2,3)4)18-11-7-6-10(15)9-17-11/h6-7,9H,5,8H2,1-4H3,(H2,16,17,18,19,20). The third-order valence-electron chi connectivity index (χ3n) is 2.09. The average Bonchev–Trinajstić information content (AvgIpc) is 2.36. The molecule has 0 saturated heterocycles. The number of hydrogen-bond donors (Lipinski definition) is 2. The van der Waals surface area contributed by atoms with Gasteiger partial charge in [-0.05, 0) is 39.3 Å². The summed E-state index contributed by atoms with van der Waals surface area (Å²) in [5.74, 6) is 0.825. The maximum Gasteiger partial charge on any atom is 0.414 e. The Morgan fingerprint density at radius 2 is 2.14 bits per heavy atom. The number of nitrogens with zero attached hydrogens (tertiary/aromatic N) is 2. The van der Waals surface area contributed by atoms with Crippen LogP contribution in [0.2, 0.25) is 5.02 Å². The van der Waals surface area contributed by atoms with Crippen molar-refractivity contribution < 1.29 is 9.53 Å². The molecule has 7 heteroatoms. The minimum Gasteiger partial charge on any atom is -0.444 e. The van der Waals surface area contributed by atoms with Gasteiger partial charge in [-0.15, -0.1) is 0 Å². The lowest BCUT2D eigenvalue weighted by Gasteiger charge is -2.20. The van der Waals surface area contributed by atoms with Crippen molar-refractivity contribution in [3.05, 3.63) is 23.4 Å². The third kappa shape index (κ3) is 7.51. The lowest BCUT2D eigenvalue weighted by Crippen LogP contribution is -2.40. The maximum absolute atomic E-state index is 11.8. The fraction of sp³-hybridized carbons (Fsp3) is 0.500. The Balaban J connectivity index is 2.72. The molecule has 1 aromatic rings. The highest BCUT2D eigenvalue weighted by Gasteiger charge is 2.17. The molecule has 1 amide bonds. The van der Waals surface area contributed by atoms with Crippen molar-refractivity contribution in [1.29, 1.82) is 0 Å². The van der Waals surface area contributed by atoms with Crippen molar-refractivity contribution in [2.45, 2.75) is 39.7 Å². The van der Waals surface area contributed by atoms with Crippen LogP contribution < -0.4 is 10.6 Å². The Bertz CT molecular complexity index is 495. The van der Waals surface area contributed by atoms with Crippen LogP contribution in [0.3, 0.4) is 0 Å². The molecule has 0 aliphatic heterocycles. The molecule has 0 aliphatic carbocycles. The number of anilines is 1. The number of amides is 1. The van der Waals surface area contributed by atoms with Crippen molar-refractivity contribution in [2.24, 2.45) is 4.99 Å². The number of carbonyl (C=O) groups is 1. The van der Waals surface area contributed by atoms with Crippen LogP contribution in [-0.2, 0) is 4.74 Å². The van der Waals surface area contributed by atoms with E-state index in [1.807, 2.05) is 6.92 Å². The van der Waals surface area contributed by atoms with Gasteiger partial charge in [-0.2, -0.15) is 0 Å². The molecule has 0 aromatic carbocycles. The first-order valence-corrected chi connectivity index (χ1v) is 7.11. The van der Waals surface area contributed by atoms with Gasteiger partial charge in [-0.1, -0.05) is 18.5 Å². The van der Waals surface area contributed by atoms with E-state index in [1.165, 1.54) is 6.20 Å². The molecule has 0 saturated carbocycles. The number of pyridine rings is 1. The van der Waals surface area contributed by atoms with Crippen LogP contribution >= 0.6 is 11.6 Å². The lowest BCUT2D eigenvalue weighted by atomic mass is 10.2. The maximum atomic E-state index is 11.8. The zero-order chi connectivity index (χ0) is 15.9. The molecule has 1 heterocycles. The molecule has 0 unspecified atom stereocenters. The highest BCUT2D eigenvalue weighted by molar-refractivity contribution is 6.30. The van der Waals surface area contributed by atoms with E-state index in [0.29, 0.717) is 23.3 Å². The predicted octanol–water partition coefficient (Wildman–Crippen LogP) is 3.44. The summed E-state index contributed by atoms with van der Waals surface area (Å²) in [5, 5.41) is 6.04. The highest BCUT2D eigenvalue weighted by Crippen LogP contribution is 2.10. The Morgan fingerprint density at radius 3 is 2.67 bits per heavy atom. The van der Waals surface area contributed by atoms with Gasteiger partial charge in [0, 0.05) is 12.7 Å². The van der Waals surface area contributed by atoms with Crippen LogP contribution in [0.5, 0.6) is 0 Å². The lowest BCUT2D eigenvalue weighted by molar-refractivity contribution is 0.0563. The van der Waals surface area contributed by atoms with Crippen molar-refractivity contribution in [3.8, 4) is 0 Å². The summed E-state index contributed by atoms with van der Waals surface area (Å²) in [6.07, 6.45) is 1.79. The van der Waals surface area contributed by atoms with Crippen molar-refractivity contribution >= 4 is 29.5 Å². The van der Waals surface area contributed by atoms with Gasteiger partial charge in [0.2, 0.25) is 5.96 Å². The molecule has 0 atom stereocenters. The molecule has 21 heavy (non-hydrogen) atoms. The van der Waals surface area contributed by atoms with Crippen LogP contribution in [0.1, 0.15) is 34.1 Å². The van der Waals surface area contributed by atoms with E-state index in [1.54, 1.807) is 32.9 Å². The number of carbonyl (C=O) groups excluding carboxylic acids is 1. The van der Waals surface area contributed by atoms with Gasteiger partial charge in [-0.25, -0.2) is 9.78 Å². The number of aromatic nitrogens is 1. The number of ether oxygens (including phenoxy) is 1. The fourth-order valence-electron chi connectivity index (χ4n) is 1.31. The van der Waals surface area contributed by atoms with Gasteiger partial charge in [0.15, 0.2) is 0 Å². The smallest absolute Gasteiger partial charge is 0.414 e. The molecule has 0 fully saturated rings. The second-order valence-corrected chi connectivity index (χ2v) is 5.78. The van der Waals surface area contributed by atoms with Gasteiger partial charge in [0.25, 0.3) is 0 Å². The van der Waals surface area contributed by atoms with Crippen molar-refractivity contribution in [3.63, 3.8) is 0 Å². The van der Waals surface area contributed by atoms with E-state index in [-0.39, 0.29) is 0 Å². The summed E-state index contributed by atoms with van der Waals surface area (Å²) in [7, 11) is 0. The molecule has 1 aromatic heterocycles. The average molecular weight is 313 g/mol. The normalized spacial score (nSPS) is 12.0. The zero-order valence-electron chi connectivity index (χ0n) is 12.7. The van der Waals surface area contributed by atoms with Gasteiger partial charge in [-0.3, -0.25) is 10.3 Å².